The van der Waals surface area contributed by atoms with Crippen molar-refractivity contribution in [3.63, 3.8) is 0 Å². The zero-order chi connectivity index (χ0) is 19.9. The SMILES string of the molecule is Cc1ccn(CCCNC(=O)c2ccn(COc3ccccc3[N+](=O)[O-])n2)n1. The summed E-state index contributed by atoms with van der Waals surface area (Å²) in [5.41, 5.74) is 1.08. The first-order valence-corrected chi connectivity index (χ1v) is 8.71. The fourth-order valence-corrected chi connectivity index (χ4v) is 2.54. The number of benzene rings is 1. The van der Waals surface area contributed by atoms with Gasteiger partial charge in [0.25, 0.3) is 5.91 Å². The number of carbonyl (C=O) groups excluding carboxylic acids is 1. The second-order valence-electron chi connectivity index (χ2n) is 6.07. The molecule has 0 saturated heterocycles. The highest BCUT2D eigenvalue weighted by atomic mass is 16.6. The van der Waals surface area contributed by atoms with Crippen LogP contribution in [0.4, 0.5) is 5.69 Å². The van der Waals surface area contributed by atoms with E-state index in [2.05, 4.69) is 15.5 Å². The lowest BCUT2D eigenvalue weighted by Gasteiger charge is -2.06. The molecule has 0 saturated carbocycles. The maximum absolute atomic E-state index is 12.2. The number of nitrogens with zero attached hydrogens (tertiary/aromatic N) is 5. The van der Waals surface area contributed by atoms with Gasteiger partial charge in [0, 0.05) is 31.5 Å². The normalized spacial score (nSPS) is 10.6. The molecule has 1 aromatic carbocycles. The summed E-state index contributed by atoms with van der Waals surface area (Å²) >= 11 is 0. The molecule has 10 nitrogen and oxygen atoms in total. The predicted octanol–water partition coefficient (Wildman–Crippen LogP) is 2.15. The van der Waals surface area contributed by atoms with E-state index in [1.54, 1.807) is 24.4 Å². The summed E-state index contributed by atoms with van der Waals surface area (Å²) < 4.78 is 8.68. The molecule has 10 heteroatoms. The number of hydrogen-bond donors (Lipinski definition) is 1. The van der Waals surface area contributed by atoms with Crippen LogP contribution in [0.25, 0.3) is 0 Å². The Morgan fingerprint density at radius 3 is 2.71 bits per heavy atom. The number of hydrogen-bond acceptors (Lipinski definition) is 6. The molecule has 0 atom stereocenters. The van der Waals surface area contributed by atoms with E-state index in [-0.39, 0.29) is 29.8 Å². The summed E-state index contributed by atoms with van der Waals surface area (Å²) in [6, 6.07) is 9.58. The first-order valence-electron chi connectivity index (χ1n) is 8.71. The number of carbonyl (C=O) groups is 1. The minimum atomic E-state index is -0.512. The van der Waals surface area contributed by atoms with Crippen LogP contribution in [0.15, 0.2) is 48.8 Å². The van der Waals surface area contributed by atoms with Crippen molar-refractivity contribution in [2.75, 3.05) is 6.54 Å². The van der Waals surface area contributed by atoms with Crippen LogP contribution in [-0.4, -0.2) is 36.9 Å². The van der Waals surface area contributed by atoms with E-state index in [0.29, 0.717) is 13.1 Å². The molecule has 1 N–H and O–H groups in total. The fourth-order valence-electron chi connectivity index (χ4n) is 2.54. The second kappa shape index (κ2) is 8.80. The average Bonchev–Trinajstić information content (AvgIpc) is 3.32. The van der Waals surface area contributed by atoms with Gasteiger partial charge >= 0.3 is 5.69 Å². The van der Waals surface area contributed by atoms with Crippen molar-refractivity contribution in [3.05, 3.63) is 70.3 Å². The standard InChI is InChI=1S/C18H20N6O4/c1-14-7-11-22(20-14)10-4-9-19-18(25)15-8-12-23(21-15)13-28-17-6-3-2-5-16(17)24(26)27/h2-3,5-8,11-12H,4,9-10,13H2,1H3,(H,19,25). The Kier molecular flexibility index (Phi) is 6.00. The van der Waals surface area contributed by atoms with Crippen molar-refractivity contribution in [2.24, 2.45) is 0 Å². The van der Waals surface area contributed by atoms with Crippen LogP contribution >= 0.6 is 0 Å². The second-order valence-corrected chi connectivity index (χ2v) is 6.07. The summed E-state index contributed by atoms with van der Waals surface area (Å²) in [7, 11) is 0. The third-order valence-electron chi connectivity index (χ3n) is 3.91. The molecule has 0 unspecified atom stereocenters. The van der Waals surface area contributed by atoms with Crippen LogP contribution in [-0.2, 0) is 13.3 Å². The van der Waals surface area contributed by atoms with Gasteiger partial charge in [-0.05, 0) is 31.5 Å². The molecule has 1 amide bonds. The van der Waals surface area contributed by atoms with Gasteiger partial charge in [0.1, 0.15) is 5.69 Å². The number of nitro groups is 1. The van der Waals surface area contributed by atoms with Gasteiger partial charge < -0.3 is 10.1 Å². The van der Waals surface area contributed by atoms with E-state index in [0.717, 1.165) is 12.1 Å². The highest BCUT2D eigenvalue weighted by molar-refractivity contribution is 5.92. The third-order valence-corrected chi connectivity index (χ3v) is 3.91. The number of para-hydroxylation sites is 2. The lowest BCUT2D eigenvalue weighted by molar-refractivity contribution is -0.386. The summed E-state index contributed by atoms with van der Waals surface area (Å²) in [6.45, 7) is 3.09. The molecule has 146 valence electrons. The summed E-state index contributed by atoms with van der Waals surface area (Å²) in [5.74, 6) is -0.149. The van der Waals surface area contributed by atoms with E-state index in [1.165, 1.54) is 16.8 Å². The Balaban J connectivity index is 1.47. The van der Waals surface area contributed by atoms with E-state index in [1.807, 2.05) is 23.9 Å². The smallest absolute Gasteiger partial charge is 0.311 e. The molecule has 28 heavy (non-hydrogen) atoms. The Morgan fingerprint density at radius 1 is 1.18 bits per heavy atom. The molecular formula is C18H20N6O4. The molecule has 0 aliphatic carbocycles. The molecule has 0 aliphatic heterocycles. The predicted molar refractivity (Wildman–Crippen MR) is 99.9 cm³/mol. The highest BCUT2D eigenvalue weighted by Gasteiger charge is 2.14. The van der Waals surface area contributed by atoms with Crippen LogP contribution in [0.3, 0.4) is 0 Å². The van der Waals surface area contributed by atoms with Crippen LogP contribution in [0, 0.1) is 17.0 Å². The van der Waals surface area contributed by atoms with Crippen molar-refractivity contribution in [2.45, 2.75) is 26.6 Å². The van der Waals surface area contributed by atoms with E-state index >= 15 is 0 Å². The molecule has 0 spiro atoms. The van der Waals surface area contributed by atoms with Gasteiger partial charge in [-0.2, -0.15) is 10.2 Å². The third kappa shape index (κ3) is 4.93. The van der Waals surface area contributed by atoms with Crippen LogP contribution in [0.2, 0.25) is 0 Å². The Labute approximate surface area is 160 Å². The summed E-state index contributed by atoms with van der Waals surface area (Å²) in [4.78, 5) is 22.6. The minimum Gasteiger partial charge on any atom is -0.464 e. The number of ether oxygens (including phenoxy) is 1. The molecule has 2 aromatic heterocycles. The lowest BCUT2D eigenvalue weighted by Crippen LogP contribution is -2.26. The van der Waals surface area contributed by atoms with Crippen molar-refractivity contribution in [3.8, 4) is 5.75 Å². The fraction of sp³-hybridized carbons (Fsp3) is 0.278. The first-order chi connectivity index (χ1) is 13.5. The van der Waals surface area contributed by atoms with Gasteiger partial charge in [-0.3, -0.25) is 19.6 Å². The van der Waals surface area contributed by atoms with Gasteiger partial charge in [0.15, 0.2) is 12.5 Å². The maximum atomic E-state index is 12.2. The molecule has 2 heterocycles. The van der Waals surface area contributed by atoms with Crippen molar-refractivity contribution < 1.29 is 14.5 Å². The first kappa shape index (κ1) is 19.1. The molecule has 0 fully saturated rings. The number of aromatic nitrogens is 4. The highest BCUT2D eigenvalue weighted by Crippen LogP contribution is 2.25. The molecule has 0 aliphatic rings. The number of amides is 1. The number of aryl methyl sites for hydroxylation is 2. The molecule has 0 radical (unpaired) electrons. The zero-order valence-electron chi connectivity index (χ0n) is 15.3. The molecule has 0 bridgehead atoms. The van der Waals surface area contributed by atoms with Crippen LogP contribution in [0.5, 0.6) is 5.75 Å². The molecule has 3 rings (SSSR count). The summed E-state index contributed by atoms with van der Waals surface area (Å²) in [6.07, 6.45) is 4.22. The van der Waals surface area contributed by atoms with Crippen molar-refractivity contribution >= 4 is 11.6 Å². The van der Waals surface area contributed by atoms with Crippen LogP contribution in [0.1, 0.15) is 22.6 Å². The van der Waals surface area contributed by atoms with E-state index in [9.17, 15) is 14.9 Å². The largest absolute Gasteiger partial charge is 0.464 e. The maximum Gasteiger partial charge on any atom is 0.311 e. The quantitative estimate of drug-likeness (QED) is 0.343. The van der Waals surface area contributed by atoms with E-state index < -0.39 is 4.92 Å². The monoisotopic (exact) mass is 384 g/mol. The van der Waals surface area contributed by atoms with Gasteiger partial charge in [-0.1, -0.05) is 12.1 Å². The van der Waals surface area contributed by atoms with E-state index in [4.69, 9.17) is 4.74 Å². The van der Waals surface area contributed by atoms with Gasteiger partial charge in [0.05, 0.1) is 10.6 Å². The summed E-state index contributed by atoms with van der Waals surface area (Å²) in [5, 5.41) is 22.2. The van der Waals surface area contributed by atoms with Crippen LogP contribution < -0.4 is 10.1 Å². The number of nitrogens with one attached hydrogen (secondary N) is 1. The Hall–Kier alpha value is -3.69. The van der Waals surface area contributed by atoms with Gasteiger partial charge in [0.2, 0.25) is 0 Å². The lowest BCUT2D eigenvalue weighted by atomic mass is 10.3. The Bertz CT molecular complexity index is 964. The number of rotatable bonds is 9. The van der Waals surface area contributed by atoms with Crippen molar-refractivity contribution in [1.29, 1.82) is 0 Å². The Morgan fingerprint density at radius 2 is 1.96 bits per heavy atom. The van der Waals surface area contributed by atoms with Gasteiger partial charge in [-0.25, -0.2) is 4.68 Å². The average molecular weight is 384 g/mol. The number of nitro benzene ring substituents is 1. The topological polar surface area (TPSA) is 117 Å². The van der Waals surface area contributed by atoms with Gasteiger partial charge in [-0.15, -0.1) is 0 Å². The van der Waals surface area contributed by atoms with Crippen molar-refractivity contribution in [1.82, 2.24) is 24.9 Å². The molecular weight excluding hydrogens is 364 g/mol. The minimum absolute atomic E-state index is 0.0449. The molecule has 3 aromatic rings. The zero-order valence-corrected chi connectivity index (χ0v) is 15.3.